The molecule has 0 saturated carbocycles. The molecule has 0 bridgehead atoms. The molecule has 0 saturated heterocycles. The summed E-state index contributed by atoms with van der Waals surface area (Å²) in [6.07, 6.45) is 1.27. The zero-order valence-corrected chi connectivity index (χ0v) is 13.2. The van der Waals surface area contributed by atoms with E-state index in [0.717, 1.165) is 36.5 Å². The minimum Gasteiger partial charge on any atom is -0.480 e. The number of carbonyl (C=O) groups is 1. The number of para-hydroxylation sites is 1. The molecule has 0 aliphatic carbocycles. The van der Waals surface area contributed by atoms with Crippen molar-refractivity contribution in [3.8, 4) is 5.75 Å². The third kappa shape index (κ3) is 2.82. The van der Waals surface area contributed by atoms with E-state index in [1.165, 1.54) is 11.1 Å². The number of hydrogen-bond donors (Lipinski definition) is 1. The Morgan fingerprint density at radius 1 is 1.17 bits per heavy atom. The Morgan fingerprint density at radius 2 is 2.04 bits per heavy atom. The van der Waals surface area contributed by atoms with Gasteiger partial charge >= 0.3 is 0 Å². The first-order valence-electron chi connectivity index (χ1n) is 8.05. The van der Waals surface area contributed by atoms with E-state index >= 15 is 0 Å². The molecule has 4 nitrogen and oxygen atoms in total. The van der Waals surface area contributed by atoms with Crippen LogP contribution in [0.5, 0.6) is 5.75 Å². The molecule has 0 fully saturated rings. The highest BCUT2D eigenvalue weighted by molar-refractivity contribution is 5.95. The minimum absolute atomic E-state index is 0.0784. The predicted octanol–water partition coefficient (Wildman–Crippen LogP) is 2.62. The van der Waals surface area contributed by atoms with E-state index in [1.807, 2.05) is 30.3 Å². The van der Waals surface area contributed by atoms with E-state index in [0.29, 0.717) is 6.42 Å². The van der Waals surface area contributed by atoms with Gasteiger partial charge < -0.3 is 15.0 Å². The maximum atomic E-state index is 12.5. The van der Waals surface area contributed by atoms with E-state index in [1.54, 1.807) is 0 Å². The second-order valence-corrected chi connectivity index (χ2v) is 6.38. The molecule has 0 radical (unpaired) electrons. The first-order chi connectivity index (χ1) is 11.2. The highest BCUT2D eigenvalue weighted by Crippen LogP contribution is 2.29. The summed E-state index contributed by atoms with van der Waals surface area (Å²) in [7, 11) is 2.12. The summed E-state index contributed by atoms with van der Waals surface area (Å²) in [5.41, 5.74) is 4.63. The van der Waals surface area contributed by atoms with Crippen molar-refractivity contribution in [1.29, 1.82) is 0 Å². The van der Waals surface area contributed by atoms with Crippen LogP contribution < -0.4 is 10.1 Å². The SMILES string of the molecule is CN1CCc2ccc(NC(=O)C3Cc4ccccc4O3)cc2C1. The lowest BCUT2D eigenvalue weighted by atomic mass is 9.99. The number of anilines is 1. The molecule has 2 aromatic rings. The van der Waals surface area contributed by atoms with E-state index < -0.39 is 6.10 Å². The topological polar surface area (TPSA) is 41.6 Å². The Kier molecular flexibility index (Phi) is 3.54. The quantitative estimate of drug-likeness (QED) is 0.927. The summed E-state index contributed by atoms with van der Waals surface area (Å²) in [5, 5.41) is 3.00. The van der Waals surface area contributed by atoms with Gasteiger partial charge in [-0.1, -0.05) is 24.3 Å². The van der Waals surface area contributed by atoms with Crippen molar-refractivity contribution in [1.82, 2.24) is 4.90 Å². The number of nitrogens with zero attached hydrogens (tertiary/aromatic N) is 1. The van der Waals surface area contributed by atoms with Gasteiger partial charge in [-0.15, -0.1) is 0 Å². The predicted molar refractivity (Wildman–Crippen MR) is 89.7 cm³/mol. The van der Waals surface area contributed by atoms with Crippen molar-refractivity contribution in [3.05, 3.63) is 59.2 Å². The van der Waals surface area contributed by atoms with Gasteiger partial charge in [0, 0.05) is 25.2 Å². The highest BCUT2D eigenvalue weighted by Gasteiger charge is 2.28. The Morgan fingerprint density at radius 3 is 2.91 bits per heavy atom. The second-order valence-electron chi connectivity index (χ2n) is 6.38. The molecule has 2 aromatic carbocycles. The van der Waals surface area contributed by atoms with E-state index in [9.17, 15) is 4.79 Å². The lowest BCUT2D eigenvalue weighted by Crippen LogP contribution is -2.31. The van der Waals surface area contributed by atoms with Crippen molar-refractivity contribution in [2.75, 3.05) is 18.9 Å². The van der Waals surface area contributed by atoms with Crippen molar-refractivity contribution >= 4 is 11.6 Å². The fourth-order valence-electron chi connectivity index (χ4n) is 3.33. The van der Waals surface area contributed by atoms with Gasteiger partial charge in [0.05, 0.1) is 0 Å². The second kappa shape index (κ2) is 5.70. The number of amides is 1. The number of likely N-dealkylation sites (N-methyl/N-ethyl adjacent to an activating group) is 1. The van der Waals surface area contributed by atoms with Crippen molar-refractivity contribution < 1.29 is 9.53 Å². The van der Waals surface area contributed by atoms with E-state index in [4.69, 9.17) is 4.74 Å². The van der Waals surface area contributed by atoms with Crippen LogP contribution in [0.4, 0.5) is 5.69 Å². The van der Waals surface area contributed by atoms with Crippen molar-refractivity contribution in [2.45, 2.75) is 25.5 Å². The lowest BCUT2D eigenvalue weighted by molar-refractivity contribution is -0.122. The van der Waals surface area contributed by atoms with Gasteiger partial charge in [0.15, 0.2) is 6.10 Å². The molecule has 2 heterocycles. The molecule has 0 spiro atoms. The van der Waals surface area contributed by atoms with Crippen LogP contribution >= 0.6 is 0 Å². The fourth-order valence-corrected chi connectivity index (χ4v) is 3.33. The third-order valence-electron chi connectivity index (χ3n) is 4.62. The molecule has 4 rings (SSSR count). The summed E-state index contributed by atoms with van der Waals surface area (Å²) in [4.78, 5) is 14.8. The van der Waals surface area contributed by atoms with Crippen LogP contribution in [0.15, 0.2) is 42.5 Å². The summed E-state index contributed by atoms with van der Waals surface area (Å²) in [5.74, 6) is 0.741. The molecule has 2 aliphatic rings. The average molecular weight is 308 g/mol. The smallest absolute Gasteiger partial charge is 0.265 e. The molecule has 23 heavy (non-hydrogen) atoms. The summed E-state index contributed by atoms with van der Waals surface area (Å²) in [6, 6.07) is 14.0. The first kappa shape index (κ1) is 14.3. The number of rotatable bonds is 2. The van der Waals surface area contributed by atoms with Gasteiger partial charge in [0.1, 0.15) is 5.75 Å². The zero-order valence-electron chi connectivity index (χ0n) is 13.2. The van der Waals surface area contributed by atoms with Gasteiger partial charge in [-0.3, -0.25) is 4.79 Å². The van der Waals surface area contributed by atoms with Crippen molar-refractivity contribution in [2.24, 2.45) is 0 Å². The Balaban J connectivity index is 1.47. The van der Waals surface area contributed by atoms with Crippen molar-refractivity contribution in [3.63, 3.8) is 0 Å². The number of nitrogens with one attached hydrogen (secondary N) is 1. The molecule has 1 atom stereocenters. The number of benzene rings is 2. The zero-order chi connectivity index (χ0) is 15.8. The number of ether oxygens (including phenoxy) is 1. The van der Waals surface area contributed by atoms with Crippen LogP contribution in [0.3, 0.4) is 0 Å². The minimum atomic E-state index is -0.439. The molecular formula is C19H20N2O2. The van der Waals surface area contributed by atoms with E-state index in [-0.39, 0.29) is 5.91 Å². The Labute approximate surface area is 136 Å². The van der Waals surface area contributed by atoms with Gasteiger partial charge in [-0.25, -0.2) is 0 Å². The summed E-state index contributed by atoms with van der Waals surface area (Å²) < 4.78 is 5.75. The molecular weight excluding hydrogens is 288 g/mol. The number of fused-ring (bicyclic) bond motifs is 2. The third-order valence-corrected chi connectivity index (χ3v) is 4.62. The highest BCUT2D eigenvalue weighted by atomic mass is 16.5. The van der Waals surface area contributed by atoms with Gasteiger partial charge in [0.25, 0.3) is 5.91 Å². The summed E-state index contributed by atoms with van der Waals surface area (Å²) in [6.45, 7) is 2.03. The van der Waals surface area contributed by atoms with Crippen LogP contribution in [-0.2, 0) is 24.2 Å². The fraction of sp³-hybridized carbons (Fsp3) is 0.316. The van der Waals surface area contributed by atoms with Gasteiger partial charge in [-0.2, -0.15) is 0 Å². The molecule has 0 aromatic heterocycles. The van der Waals surface area contributed by atoms with Crippen LogP contribution in [0.25, 0.3) is 0 Å². The van der Waals surface area contributed by atoms with Crippen LogP contribution in [0, 0.1) is 0 Å². The summed E-state index contributed by atoms with van der Waals surface area (Å²) >= 11 is 0. The standard InChI is InChI=1S/C19H20N2O2/c1-21-9-8-13-6-7-16(10-15(13)12-21)20-19(22)18-11-14-4-2-3-5-17(14)23-18/h2-7,10,18H,8-9,11-12H2,1H3,(H,20,22). The molecule has 1 N–H and O–H groups in total. The van der Waals surface area contributed by atoms with Crippen LogP contribution in [-0.4, -0.2) is 30.5 Å². The maximum absolute atomic E-state index is 12.5. The average Bonchev–Trinajstić information content (AvgIpc) is 2.98. The Bertz CT molecular complexity index is 732. The number of carbonyl (C=O) groups excluding carboxylic acids is 1. The Hall–Kier alpha value is -2.33. The molecule has 2 aliphatic heterocycles. The van der Waals surface area contributed by atoms with Gasteiger partial charge in [0.2, 0.25) is 0 Å². The first-order valence-corrected chi connectivity index (χ1v) is 8.05. The number of hydrogen-bond acceptors (Lipinski definition) is 3. The van der Waals surface area contributed by atoms with E-state index in [2.05, 4.69) is 29.4 Å². The van der Waals surface area contributed by atoms with Crippen LogP contribution in [0.2, 0.25) is 0 Å². The monoisotopic (exact) mass is 308 g/mol. The molecule has 1 unspecified atom stereocenters. The lowest BCUT2D eigenvalue weighted by Gasteiger charge is -2.25. The largest absolute Gasteiger partial charge is 0.480 e. The normalized spacial score (nSPS) is 19.6. The molecule has 118 valence electrons. The molecule has 4 heteroatoms. The van der Waals surface area contributed by atoms with Crippen LogP contribution in [0.1, 0.15) is 16.7 Å². The maximum Gasteiger partial charge on any atom is 0.265 e. The molecule has 1 amide bonds. The van der Waals surface area contributed by atoms with Gasteiger partial charge in [-0.05, 0) is 48.4 Å².